The molecule has 0 aliphatic rings. The first-order valence-corrected chi connectivity index (χ1v) is 5.41. The van der Waals surface area contributed by atoms with E-state index in [-0.39, 0.29) is 5.54 Å². The highest BCUT2D eigenvalue weighted by Gasteiger charge is 2.14. The lowest BCUT2D eigenvalue weighted by atomic mass is 10.1. The Morgan fingerprint density at radius 3 is 2.50 bits per heavy atom. The van der Waals surface area contributed by atoms with Gasteiger partial charge >= 0.3 is 0 Å². The van der Waals surface area contributed by atoms with Gasteiger partial charge in [0.05, 0.1) is 6.54 Å². The standard InChI is InChI=1S/C10H22N6/c1-10(2,3)13-9-12-8(11)16(14-9)7-6-15(4)5/h6-7H2,1-5H3,(H3,11,12,13,14). The number of nitrogens with two attached hydrogens (primary N) is 1. The molecule has 0 unspecified atom stereocenters. The van der Waals surface area contributed by atoms with Crippen LogP contribution in [0.5, 0.6) is 0 Å². The van der Waals surface area contributed by atoms with Crippen LogP contribution in [0.4, 0.5) is 11.9 Å². The first-order valence-electron chi connectivity index (χ1n) is 5.41. The highest BCUT2D eigenvalue weighted by molar-refractivity contribution is 5.33. The summed E-state index contributed by atoms with van der Waals surface area (Å²) in [5.41, 5.74) is 5.72. The number of anilines is 2. The van der Waals surface area contributed by atoms with Crippen LogP contribution in [-0.4, -0.2) is 45.8 Å². The van der Waals surface area contributed by atoms with Gasteiger partial charge in [0.15, 0.2) is 0 Å². The third-order valence-electron chi connectivity index (χ3n) is 1.95. The molecule has 0 radical (unpaired) electrons. The minimum Gasteiger partial charge on any atom is -0.368 e. The Morgan fingerprint density at radius 1 is 1.38 bits per heavy atom. The molecule has 0 aromatic carbocycles. The lowest BCUT2D eigenvalue weighted by Gasteiger charge is -2.18. The fourth-order valence-electron chi connectivity index (χ4n) is 1.20. The van der Waals surface area contributed by atoms with E-state index in [1.807, 2.05) is 14.1 Å². The monoisotopic (exact) mass is 226 g/mol. The maximum atomic E-state index is 5.78. The van der Waals surface area contributed by atoms with Gasteiger partial charge in [-0.15, -0.1) is 5.10 Å². The van der Waals surface area contributed by atoms with Crippen LogP contribution in [0.25, 0.3) is 0 Å². The third kappa shape index (κ3) is 4.06. The quantitative estimate of drug-likeness (QED) is 0.788. The molecule has 1 heterocycles. The second-order valence-corrected chi connectivity index (χ2v) is 5.20. The third-order valence-corrected chi connectivity index (χ3v) is 1.95. The SMILES string of the molecule is CN(C)CCn1nc(NC(C)(C)C)nc1N. The van der Waals surface area contributed by atoms with Crippen molar-refractivity contribution in [2.75, 3.05) is 31.7 Å². The lowest BCUT2D eigenvalue weighted by molar-refractivity contribution is 0.375. The molecule has 92 valence electrons. The van der Waals surface area contributed by atoms with E-state index in [1.165, 1.54) is 0 Å². The fraction of sp³-hybridized carbons (Fsp3) is 0.800. The summed E-state index contributed by atoms with van der Waals surface area (Å²) in [5.74, 6) is 1.04. The van der Waals surface area contributed by atoms with Crippen LogP contribution < -0.4 is 11.1 Å². The van der Waals surface area contributed by atoms with Crippen molar-refractivity contribution in [2.24, 2.45) is 0 Å². The molecule has 0 spiro atoms. The van der Waals surface area contributed by atoms with Crippen LogP contribution in [0.1, 0.15) is 20.8 Å². The summed E-state index contributed by atoms with van der Waals surface area (Å²) < 4.78 is 1.72. The average Bonchev–Trinajstić information content (AvgIpc) is 2.39. The predicted octanol–water partition coefficient (Wildman–Crippen LogP) is 0.632. The van der Waals surface area contributed by atoms with E-state index >= 15 is 0 Å². The van der Waals surface area contributed by atoms with Crippen LogP contribution in [0.15, 0.2) is 0 Å². The number of aromatic nitrogens is 3. The van der Waals surface area contributed by atoms with E-state index in [0.29, 0.717) is 11.9 Å². The molecule has 1 aromatic heterocycles. The van der Waals surface area contributed by atoms with Crippen molar-refractivity contribution in [3.8, 4) is 0 Å². The maximum Gasteiger partial charge on any atom is 0.244 e. The summed E-state index contributed by atoms with van der Waals surface area (Å²) in [6.07, 6.45) is 0. The number of nitrogens with zero attached hydrogens (tertiary/aromatic N) is 4. The van der Waals surface area contributed by atoms with Crippen molar-refractivity contribution in [3.63, 3.8) is 0 Å². The smallest absolute Gasteiger partial charge is 0.244 e. The number of hydrogen-bond donors (Lipinski definition) is 2. The number of likely N-dealkylation sites (N-methyl/N-ethyl adjacent to an activating group) is 1. The Hall–Kier alpha value is -1.30. The summed E-state index contributed by atoms with van der Waals surface area (Å²) in [6, 6.07) is 0. The summed E-state index contributed by atoms with van der Waals surface area (Å²) in [6.45, 7) is 7.82. The minimum atomic E-state index is -0.0554. The normalized spacial score (nSPS) is 12.1. The predicted molar refractivity (Wildman–Crippen MR) is 66.4 cm³/mol. The van der Waals surface area contributed by atoms with Crippen molar-refractivity contribution in [1.82, 2.24) is 19.7 Å². The molecular weight excluding hydrogens is 204 g/mol. The summed E-state index contributed by atoms with van der Waals surface area (Å²) in [4.78, 5) is 6.26. The first kappa shape index (κ1) is 12.8. The number of hydrogen-bond acceptors (Lipinski definition) is 5. The van der Waals surface area contributed by atoms with Crippen LogP contribution >= 0.6 is 0 Å². The van der Waals surface area contributed by atoms with Gasteiger partial charge in [0, 0.05) is 12.1 Å². The zero-order chi connectivity index (χ0) is 12.3. The van der Waals surface area contributed by atoms with E-state index in [0.717, 1.165) is 13.1 Å². The average molecular weight is 226 g/mol. The summed E-state index contributed by atoms with van der Waals surface area (Å²) >= 11 is 0. The number of rotatable bonds is 4. The van der Waals surface area contributed by atoms with Crippen LogP contribution in [-0.2, 0) is 6.54 Å². The van der Waals surface area contributed by atoms with E-state index < -0.39 is 0 Å². The van der Waals surface area contributed by atoms with Crippen molar-refractivity contribution < 1.29 is 0 Å². The second-order valence-electron chi connectivity index (χ2n) is 5.20. The summed E-state index contributed by atoms with van der Waals surface area (Å²) in [5, 5.41) is 7.50. The molecule has 1 aromatic rings. The van der Waals surface area contributed by atoms with E-state index in [2.05, 4.69) is 41.1 Å². The molecule has 3 N–H and O–H groups in total. The highest BCUT2D eigenvalue weighted by atomic mass is 15.4. The van der Waals surface area contributed by atoms with Gasteiger partial charge in [0.1, 0.15) is 0 Å². The zero-order valence-corrected chi connectivity index (χ0v) is 10.8. The zero-order valence-electron chi connectivity index (χ0n) is 10.8. The maximum absolute atomic E-state index is 5.78. The Labute approximate surface area is 96.8 Å². The molecule has 0 saturated carbocycles. The van der Waals surface area contributed by atoms with Crippen LogP contribution in [0.2, 0.25) is 0 Å². The van der Waals surface area contributed by atoms with Crippen molar-refractivity contribution in [2.45, 2.75) is 32.9 Å². The Kier molecular flexibility index (Phi) is 3.74. The Balaban J connectivity index is 2.66. The van der Waals surface area contributed by atoms with E-state index in [9.17, 15) is 0 Å². The molecule has 6 nitrogen and oxygen atoms in total. The molecule has 0 fully saturated rings. The van der Waals surface area contributed by atoms with Gasteiger partial charge in [-0.1, -0.05) is 0 Å². The van der Waals surface area contributed by atoms with Gasteiger partial charge < -0.3 is 16.0 Å². The van der Waals surface area contributed by atoms with Gasteiger partial charge in [0.25, 0.3) is 0 Å². The molecule has 0 saturated heterocycles. The van der Waals surface area contributed by atoms with Crippen LogP contribution in [0.3, 0.4) is 0 Å². The van der Waals surface area contributed by atoms with Gasteiger partial charge in [0.2, 0.25) is 11.9 Å². The van der Waals surface area contributed by atoms with E-state index in [4.69, 9.17) is 5.73 Å². The topological polar surface area (TPSA) is 72.0 Å². The van der Waals surface area contributed by atoms with Gasteiger partial charge in [-0.2, -0.15) is 4.98 Å². The molecule has 0 atom stereocenters. The molecule has 16 heavy (non-hydrogen) atoms. The van der Waals surface area contributed by atoms with Gasteiger partial charge in [-0.25, -0.2) is 4.68 Å². The van der Waals surface area contributed by atoms with Crippen molar-refractivity contribution in [3.05, 3.63) is 0 Å². The highest BCUT2D eigenvalue weighted by Crippen LogP contribution is 2.11. The molecule has 1 rings (SSSR count). The molecule has 6 heteroatoms. The van der Waals surface area contributed by atoms with Gasteiger partial charge in [-0.05, 0) is 34.9 Å². The largest absolute Gasteiger partial charge is 0.368 e. The summed E-state index contributed by atoms with van der Waals surface area (Å²) in [7, 11) is 4.03. The lowest BCUT2D eigenvalue weighted by Crippen LogP contribution is -2.27. The van der Waals surface area contributed by atoms with Gasteiger partial charge in [-0.3, -0.25) is 0 Å². The molecule has 0 aliphatic carbocycles. The number of nitrogen functional groups attached to an aromatic ring is 1. The Morgan fingerprint density at radius 2 is 2.00 bits per heavy atom. The van der Waals surface area contributed by atoms with Crippen molar-refractivity contribution in [1.29, 1.82) is 0 Å². The molecular formula is C10H22N6. The second kappa shape index (κ2) is 4.69. The van der Waals surface area contributed by atoms with Crippen molar-refractivity contribution >= 4 is 11.9 Å². The molecule has 0 amide bonds. The van der Waals surface area contributed by atoms with Crippen LogP contribution in [0, 0.1) is 0 Å². The molecule has 0 aliphatic heterocycles. The minimum absolute atomic E-state index is 0.0554. The fourth-order valence-corrected chi connectivity index (χ4v) is 1.20. The number of nitrogens with one attached hydrogen (secondary N) is 1. The Bertz CT molecular complexity index is 336. The first-order chi connectivity index (χ1) is 7.28. The van der Waals surface area contributed by atoms with E-state index in [1.54, 1.807) is 4.68 Å². The molecule has 0 bridgehead atoms.